The lowest BCUT2D eigenvalue weighted by Crippen LogP contribution is -1.97. The summed E-state index contributed by atoms with van der Waals surface area (Å²) < 4.78 is 12.5. The van der Waals surface area contributed by atoms with Gasteiger partial charge in [0.15, 0.2) is 5.82 Å². The average molecular weight is 666 g/mol. The summed E-state index contributed by atoms with van der Waals surface area (Å²) in [6, 6.07) is 56.2. The molecule has 0 radical (unpaired) electrons. The molecular formula is C47H27N3O2. The fourth-order valence-electron chi connectivity index (χ4n) is 7.70. The Balaban J connectivity index is 1.14. The van der Waals surface area contributed by atoms with Crippen LogP contribution in [0.1, 0.15) is 0 Å². The van der Waals surface area contributed by atoms with Crippen LogP contribution in [-0.4, -0.2) is 15.0 Å². The van der Waals surface area contributed by atoms with E-state index >= 15 is 0 Å². The second-order valence-corrected chi connectivity index (χ2v) is 13.1. The van der Waals surface area contributed by atoms with E-state index in [0.717, 1.165) is 99.2 Å². The highest BCUT2D eigenvalue weighted by Crippen LogP contribution is 2.42. The molecule has 4 aromatic heterocycles. The molecule has 242 valence electrons. The molecule has 0 amide bonds. The van der Waals surface area contributed by atoms with E-state index in [4.69, 9.17) is 23.8 Å². The number of hydrogen-bond donors (Lipinski definition) is 0. The van der Waals surface area contributed by atoms with Gasteiger partial charge in [0, 0.05) is 43.8 Å². The van der Waals surface area contributed by atoms with Crippen LogP contribution in [0.15, 0.2) is 173 Å². The van der Waals surface area contributed by atoms with Gasteiger partial charge in [-0.15, -0.1) is 0 Å². The summed E-state index contributed by atoms with van der Waals surface area (Å²) >= 11 is 0. The number of pyridine rings is 1. The first kappa shape index (κ1) is 28.7. The van der Waals surface area contributed by atoms with Gasteiger partial charge in [0.25, 0.3) is 0 Å². The lowest BCUT2D eigenvalue weighted by Gasteiger charge is -2.14. The Morgan fingerprint density at radius 2 is 0.923 bits per heavy atom. The minimum atomic E-state index is 0.633. The summed E-state index contributed by atoms with van der Waals surface area (Å²) in [5.74, 6) is 0.654. The molecule has 0 aliphatic carbocycles. The molecule has 11 rings (SSSR count). The van der Waals surface area contributed by atoms with Crippen molar-refractivity contribution in [3.63, 3.8) is 0 Å². The second kappa shape index (κ2) is 11.2. The molecule has 52 heavy (non-hydrogen) atoms. The van der Waals surface area contributed by atoms with Gasteiger partial charge in [0.05, 0.1) is 22.5 Å². The van der Waals surface area contributed by atoms with Crippen LogP contribution in [0.2, 0.25) is 0 Å². The molecule has 0 saturated carbocycles. The summed E-state index contributed by atoms with van der Waals surface area (Å²) in [4.78, 5) is 15.7. The molecule has 4 heterocycles. The topological polar surface area (TPSA) is 65.0 Å². The third-order valence-corrected chi connectivity index (χ3v) is 10.1. The number of rotatable bonds is 4. The van der Waals surface area contributed by atoms with Gasteiger partial charge >= 0.3 is 0 Å². The Kier molecular flexibility index (Phi) is 6.18. The van der Waals surface area contributed by atoms with Gasteiger partial charge in [0.1, 0.15) is 16.7 Å². The molecule has 0 atom stereocenters. The molecule has 0 aliphatic heterocycles. The van der Waals surface area contributed by atoms with Crippen molar-refractivity contribution in [1.82, 2.24) is 15.0 Å². The van der Waals surface area contributed by atoms with Gasteiger partial charge in [-0.2, -0.15) is 0 Å². The Hall–Kier alpha value is -7.11. The molecule has 5 heteroatoms. The number of hydrogen-bond acceptors (Lipinski definition) is 5. The highest BCUT2D eigenvalue weighted by atomic mass is 16.3. The highest BCUT2D eigenvalue weighted by molar-refractivity contribution is 6.21. The van der Waals surface area contributed by atoms with E-state index in [1.54, 1.807) is 0 Å². The monoisotopic (exact) mass is 665 g/mol. The van der Waals surface area contributed by atoms with Crippen LogP contribution in [0, 0.1) is 0 Å². The zero-order valence-electron chi connectivity index (χ0n) is 27.7. The van der Waals surface area contributed by atoms with Gasteiger partial charge < -0.3 is 8.83 Å². The van der Waals surface area contributed by atoms with E-state index in [1.807, 2.05) is 60.7 Å². The van der Waals surface area contributed by atoms with Crippen molar-refractivity contribution in [2.24, 2.45) is 0 Å². The summed E-state index contributed by atoms with van der Waals surface area (Å²) in [5.41, 5.74) is 9.76. The van der Waals surface area contributed by atoms with Crippen molar-refractivity contribution in [1.29, 1.82) is 0 Å². The first-order valence-electron chi connectivity index (χ1n) is 17.4. The minimum absolute atomic E-state index is 0.633. The predicted octanol–water partition coefficient (Wildman–Crippen LogP) is 12.6. The van der Waals surface area contributed by atoms with Crippen LogP contribution in [0.3, 0.4) is 0 Å². The van der Waals surface area contributed by atoms with Crippen LogP contribution in [-0.2, 0) is 0 Å². The molecule has 11 aromatic rings. The minimum Gasteiger partial charge on any atom is -0.456 e. The van der Waals surface area contributed by atoms with Gasteiger partial charge in [0.2, 0.25) is 5.71 Å². The van der Waals surface area contributed by atoms with E-state index in [9.17, 15) is 0 Å². The Labute approximate surface area is 297 Å². The van der Waals surface area contributed by atoms with Crippen LogP contribution < -0.4 is 0 Å². The number of fused-ring (bicyclic) bond motifs is 9. The maximum absolute atomic E-state index is 6.35. The van der Waals surface area contributed by atoms with Gasteiger partial charge in [-0.05, 0) is 58.6 Å². The number of furan rings is 2. The van der Waals surface area contributed by atoms with Crippen molar-refractivity contribution in [2.45, 2.75) is 0 Å². The smallest absolute Gasteiger partial charge is 0.228 e. The predicted molar refractivity (Wildman–Crippen MR) is 211 cm³/mol. The second-order valence-electron chi connectivity index (χ2n) is 13.1. The molecule has 7 aromatic carbocycles. The lowest BCUT2D eigenvalue weighted by atomic mass is 9.94. The van der Waals surface area contributed by atoms with Gasteiger partial charge in [-0.3, -0.25) is 0 Å². The molecule has 0 unspecified atom stereocenters. The Morgan fingerprint density at radius 1 is 0.346 bits per heavy atom. The van der Waals surface area contributed by atoms with Crippen LogP contribution in [0.25, 0.3) is 111 Å². The average Bonchev–Trinajstić information content (AvgIpc) is 3.78. The van der Waals surface area contributed by atoms with E-state index in [-0.39, 0.29) is 0 Å². The number of para-hydroxylation sites is 2. The van der Waals surface area contributed by atoms with Crippen LogP contribution in [0.5, 0.6) is 0 Å². The van der Waals surface area contributed by atoms with E-state index in [2.05, 4.69) is 103 Å². The first-order chi connectivity index (χ1) is 25.8. The lowest BCUT2D eigenvalue weighted by molar-refractivity contribution is 0.655. The maximum Gasteiger partial charge on any atom is 0.228 e. The molecule has 5 nitrogen and oxygen atoms in total. The quantitative estimate of drug-likeness (QED) is 0.187. The van der Waals surface area contributed by atoms with Crippen molar-refractivity contribution in [3.05, 3.63) is 164 Å². The van der Waals surface area contributed by atoms with E-state index in [1.165, 1.54) is 0 Å². The van der Waals surface area contributed by atoms with E-state index in [0.29, 0.717) is 11.5 Å². The van der Waals surface area contributed by atoms with Crippen molar-refractivity contribution in [2.75, 3.05) is 0 Å². The molecule has 0 aliphatic rings. The summed E-state index contributed by atoms with van der Waals surface area (Å²) in [6.45, 7) is 0. The molecular weight excluding hydrogens is 639 g/mol. The maximum atomic E-state index is 6.35. The Morgan fingerprint density at radius 3 is 1.71 bits per heavy atom. The molecule has 0 N–H and O–H groups in total. The number of nitrogens with zero attached hydrogens (tertiary/aromatic N) is 3. The summed E-state index contributed by atoms with van der Waals surface area (Å²) in [5, 5.41) is 8.55. The van der Waals surface area contributed by atoms with Gasteiger partial charge in [-0.25, -0.2) is 15.0 Å². The van der Waals surface area contributed by atoms with Crippen molar-refractivity contribution >= 4 is 65.6 Å². The fourth-order valence-corrected chi connectivity index (χ4v) is 7.70. The molecule has 0 bridgehead atoms. The third kappa shape index (κ3) is 4.39. The van der Waals surface area contributed by atoms with Crippen molar-refractivity contribution < 1.29 is 8.83 Å². The summed E-state index contributed by atoms with van der Waals surface area (Å²) in [7, 11) is 0. The summed E-state index contributed by atoms with van der Waals surface area (Å²) in [6.07, 6.45) is 0. The normalized spacial score (nSPS) is 11.8. The zero-order chi connectivity index (χ0) is 34.2. The standard InChI is InChI=1S/C47H27N3O2/c1-2-12-28(13-3-1)39-27-40(29-22-25-43-38(26-29)32-16-8-10-20-41(32)51-43)49-46(48-39)36-24-23-35(30-14-4-5-15-31(30)36)45-34-18-7-6-17-33(34)44-37-19-9-11-21-42(37)52-47(44)50-45/h1-27H. The van der Waals surface area contributed by atoms with Crippen molar-refractivity contribution in [3.8, 4) is 45.2 Å². The molecule has 0 saturated heterocycles. The molecule has 0 spiro atoms. The largest absolute Gasteiger partial charge is 0.456 e. The first-order valence-corrected chi connectivity index (χ1v) is 17.4. The fraction of sp³-hybridized carbons (Fsp3) is 0. The third-order valence-electron chi connectivity index (χ3n) is 10.1. The molecule has 0 fully saturated rings. The van der Waals surface area contributed by atoms with Crippen LogP contribution in [0.4, 0.5) is 0 Å². The number of aromatic nitrogens is 3. The van der Waals surface area contributed by atoms with E-state index < -0.39 is 0 Å². The van der Waals surface area contributed by atoms with Crippen LogP contribution >= 0.6 is 0 Å². The number of benzene rings is 7. The van der Waals surface area contributed by atoms with Gasteiger partial charge in [-0.1, -0.05) is 121 Å². The SMILES string of the molecule is c1ccc(-c2cc(-c3ccc4oc5ccccc5c4c3)nc(-c3ccc(-c4nc5oc6ccccc6c5c5ccccc45)c4ccccc34)n2)cc1. The Bertz CT molecular complexity index is 3190. The highest BCUT2D eigenvalue weighted by Gasteiger charge is 2.20. The zero-order valence-corrected chi connectivity index (χ0v) is 27.7.